The zero-order valence-electron chi connectivity index (χ0n) is 10.5. The molecule has 0 radical (unpaired) electrons. The van der Waals surface area contributed by atoms with E-state index in [1.54, 1.807) is 0 Å². The molecule has 0 bridgehead atoms. The molecule has 2 rings (SSSR count). The molecule has 0 aromatic heterocycles. The van der Waals surface area contributed by atoms with Crippen molar-refractivity contribution in [2.75, 3.05) is 11.5 Å². The molecule has 0 saturated carbocycles. The molecule has 1 heterocycles. The van der Waals surface area contributed by atoms with Crippen LogP contribution in [0.4, 0.5) is 8.78 Å². The Kier molecular flexibility index (Phi) is 4.20. The SMILES string of the molecule is NC(Cc1ccc(F)c(F)c1)C1CCS(=O)(=O)CC1. The van der Waals surface area contributed by atoms with E-state index in [2.05, 4.69) is 0 Å². The second-order valence-electron chi connectivity index (χ2n) is 5.11. The summed E-state index contributed by atoms with van der Waals surface area (Å²) < 4.78 is 48.5. The third-order valence-corrected chi connectivity index (χ3v) is 5.38. The summed E-state index contributed by atoms with van der Waals surface area (Å²) in [7, 11) is -2.90. The highest BCUT2D eigenvalue weighted by Gasteiger charge is 2.27. The second kappa shape index (κ2) is 5.54. The van der Waals surface area contributed by atoms with Gasteiger partial charge in [-0.3, -0.25) is 0 Å². The Morgan fingerprint density at radius 2 is 1.84 bits per heavy atom. The van der Waals surface area contributed by atoms with Crippen molar-refractivity contribution in [2.24, 2.45) is 11.7 Å². The van der Waals surface area contributed by atoms with E-state index in [9.17, 15) is 17.2 Å². The predicted octanol–water partition coefficient (Wildman–Crippen LogP) is 1.66. The van der Waals surface area contributed by atoms with E-state index in [0.717, 1.165) is 12.1 Å². The number of hydrogen-bond acceptors (Lipinski definition) is 3. The highest BCUT2D eigenvalue weighted by atomic mass is 32.2. The van der Waals surface area contributed by atoms with E-state index < -0.39 is 21.5 Å². The number of hydrogen-bond donors (Lipinski definition) is 1. The van der Waals surface area contributed by atoms with Crippen molar-refractivity contribution < 1.29 is 17.2 Å². The quantitative estimate of drug-likeness (QED) is 0.920. The lowest BCUT2D eigenvalue weighted by atomic mass is 9.90. The van der Waals surface area contributed by atoms with Crippen molar-refractivity contribution in [2.45, 2.75) is 25.3 Å². The molecule has 1 unspecified atom stereocenters. The van der Waals surface area contributed by atoms with Crippen LogP contribution in [0, 0.1) is 17.6 Å². The number of halogens is 2. The Balaban J connectivity index is 1.97. The summed E-state index contributed by atoms with van der Waals surface area (Å²) in [4.78, 5) is 0. The van der Waals surface area contributed by atoms with Gasteiger partial charge in [-0.1, -0.05) is 6.07 Å². The molecule has 19 heavy (non-hydrogen) atoms. The van der Waals surface area contributed by atoms with E-state index in [1.807, 2.05) is 0 Å². The molecule has 2 N–H and O–H groups in total. The van der Waals surface area contributed by atoms with E-state index in [4.69, 9.17) is 5.73 Å². The standard InChI is InChI=1S/C13H17F2NO2S/c14-11-2-1-9(7-12(11)15)8-13(16)10-3-5-19(17,18)6-4-10/h1-2,7,10,13H,3-6,8,16H2. The third kappa shape index (κ3) is 3.73. The number of nitrogens with two attached hydrogens (primary N) is 1. The largest absolute Gasteiger partial charge is 0.327 e. The maximum absolute atomic E-state index is 13.1. The molecule has 3 nitrogen and oxygen atoms in total. The van der Waals surface area contributed by atoms with Gasteiger partial charge >= 0.3 is 0 Å². The summed E-state index contributed by atoms with van der Waals surface area (Å²) in [5.74, 6) is -1.29. The van der Waals surface area contributed by atoms with Crippen LogP contribution < -0.4 is 5.73 Å². The van der Waals surface area contributed by atoms with Crippen LogP contribution in [0.15, 0.2) is 18.2 Å². The Bertz CT molecular complexity index is 546. The summed E-state index contributed by atoms with van der Waals surface area (Å²) in [6.45, 7) is 0. The van der Waals surface area contributed by atoms with Crippen LogP contribution >= 0.6 is 0 Å². The smallest absolute Gasteiger partial charge is 0.159 e. The van der Waals surface area contributed by atoms with Gasteiger partial charge in [0.1, 0.15) is 9.84 Å². The minimum absolute atomic E-state index is 0.122. The average molecular weight is 289 g/mol. The fraction of sp³-hybridized carbons (Fsp3) is 0.538. The van der Waals surface area contributed by atoms with Crippen LogP contribution in [0.5, 0.6) is 0 Å². The molecule has 1 aliphatic heterocycles. The number of benzene rings is 1. The molecule has 1 aromatic carbocycles. The lowest BCUT2D eigenvalue weighted by molar-refractivity contribution is 0.381. The fourth-order valence-corrected chi connectivity index (χ4v) is 3.97. The van der Waals surface area contributed by atoms with Gasteiger partial charge in [0.15, 0.2) is 11.6 Å². The summed E-state index contributed by atoms with van der Waals surface area (Å²) >= 11 is 0. The zero-order chi connectivity index (χ0) is 14.0. The first-order chi connectivity index (χ1) is 8.87. The first kappa shape index (κ1) is 14.4. The fourth-order valence-electron chi connectivity index (χ4n) is 2.44. The van der Waals surface area contributed by atoms with Crippen LogP contribution in [0.2, 0.25) is 0 Å². The normalized spacial score (nSPS) is 21.2. The Labute approximate surface area is 111 Å². The molecule has 1 aromatic rings. The molecule has 1 saturated heterocycles. The third-order valence-electron chi connectivity index (χ3n) is 3.66. The van der Waals surface area contributed by atoms with E-state index in [1.165, 1.54) is 6.07 Å². The van der Waals surface area contributed by atoms with Gasteiger partial charge in [-0.15, -0.1) is 0 Å². The van der Waals surface area contributed by atoms with Crippen LogP contribution in [-0.2, 0) is 16.3 Å². The Hall–Kier alpha value is -1.01. The van der Waals surface area contributed by atoms with E-state index in [0.29, 0.717) is 24.8 Å². The maximum Gasteiger partial charge on any atom is 0.159 e. The zero-order valence-corrected chi connectivity index (χ0v) is 11.3. The van der Waals surface area contributed by atoms with Crippen LogP contribution in [-0.4, -0.2) is 26.0 Å². The summed E-state index contributed by atoms with van der Waals surface area (Å²) in [5.41, 5.74) is 6.68. The molecular formula is C13H17F2NO2S. The predicted molar refractivity (Wildman–Crippen MR) is 69.4 cm³/mol. The molecule has 106 valence electrons. The van der Waals surface area contributed by atoms with Gasteiger partial charge in [0, 0.05) is 6.04 Å². The van der Waals surface area contributed by atoms with Crippen LogP contribution in [0.25, 0.3) is 0 Å². The lowest BCUT2D eigenvalue weighted by Crippen LogP contribution is -2.37. The van der Waals surface area contributed by atoms with Crippen molar-refractivity contribution >= 4 is 9.84 Å². The van der Waals surface area contributed by atoms with Crippen molar-refractivity contribution in [1.82, 2.24) is 0 Å². The first-order valence-corrected chi connectivity index (χ1v) is 8.09. The minimum atomic E-state index is -2.90. The molecule has 0 aliphatic carbocycles. The van der Waals surface area contributed by atoms with Crippen molar-refractivity contribution in [3.63, 3.8) is 0 Å². The monoisotopic (exact) mass is 289 g/mol. The van der Waals surface area contributed by atoms with Gasteiger partial charge in [-0.2, -0.15) is 0 Å². The summed E-state index contributed by atoms with van der Waals surface area (Å²) in [6, 6.07) is 3.52. The number of sulfone groups is 1. The van der Waals surface area contributed by atoms with Crippen LogP contribution in [0.1, 0.15) is 18.4 Å². The van der Waals surface area contributed by atoms with Crippen molar-refractivity contribution in [1.29, 1.82) is 0 Å². The van der Waals surface area contributed by atoms with Crippen molar-refractivity contribution in [3.05, 3.63) is 35.4 Å². The van der Waals surface area contributed by atoms with Crippen LogP contribution in [0.3, 0.4) is 0 Å². The maximum atomic E-state index is 13.1. The molecule has 1 fully saturated rings. The molecule has 6 heteroatoms. The molecule has 1 atom stereocenters. The highest BCUT2D eigenvalue weighted by molar-refractivity contribution is 7.91. The van der Waals surface area contributed by atoms with Crippen molar-refractivity contribution in [3.8, 4) is 0 Å². The van der Waals surface area contributed by atoms with Gasteiger partial charge < -0.3 is 5.73 Å². The van der Waals surface area contributed by atoms with E-state index >= 15 is 0 Å². The van der Waals surface area contributed by atoms with Gasteiger partial charge in [0.2, 0.25) is 0 Å². The van der Waals surface area contributed by atoms with Gasteiger partial charge in [-0.05, 0) is 42.9 Å². The topological polar surface area (TPSA) is 60.2 Å². The lowest BCUT2D eigenvalue weighted by Gasteiger charge is -2.27. The number of rotatable bonds is 3. The van der Waals surface area contributed by atoms with Gasteiger partial charge in [0.05, 0.1) is 11.5 Å². The van der Waals surface area contributed by atoms with Gasteiger partial charge in [0.25, 0.3) is 0 Å². The summed E-state index contributed by atoms with van der Waals surface area (Å²) in [5, 5.41) is 0. The minimum Gasteiger partial charge on any atom is -0.327 e. The highest BCUT2D eigenvalue weighted by Crippen LogP contribution is 2.23. The first-order valence-electron chi connectivity index (χ1n) is 6.27. The molecule has 0 spiro atoms. The Morgan fingerprint density at radius 3 is 2.42 bits per heavy atom. The molecule has 1 aliphatic rings. The van der Waals surface area contributed by atoms with Gasteiger partial charge in [-0.25, -0.2) is 17.2 Å². The average Bonchev–Trinajstić information content (AvgIpc) is 2.33. The Morgan fingerprint density at radius 1 is 1.21 bits per heavy atom. The van der Waals surface area contributed by atoms with E-state index in [-0.39, 0.29) is 23.5 Å². The second-order valence-corrected chi connectivity index (χ2v) is 7.41. The molecule has 0 amide bonds. The molecular weight excluding hydrogens is 272 g/mol. The summed E-state index contributed by atoms with van der Waals surface area (Å²) in [6.07, 6.45) is 1.53.